The first-order valence-electron chi connectivity index (χ1n) is 7.32. The van der Waals surface area contributed by atoms with Crippen LogP contribution in [0.25, 0.3) is 0 Å². The molecule has 1 atom stereocenters. The van der Waals surface area contributed by atoms with Gasteiger partial charge in [-0.15, -0.1) is 0 Å². The Hall–Kier alpha value is -0.870. The van der Waals surface area contributed by atoms with E-state index >= 15 is 0 Å². The summed E-state index contributed by atoms with van der Waals surface area (Å²) >= 11 is 3.42. The summed E-state index contributed by atoms with van der Waals surface area (Å²) in [4.78, 5) is 14.3. The molecule has 1 saturated heterocycles. The van der Waals surface area contributed by atoms with Gasteiger partial charge in [0.2, 0.25) is 5.91 Å². The minimum atomic E-state index is -0.147. The van der Waals surface area contributed by atoms with Gasteiger partial charge in [-0.3, -0.25) is 9.69 Å². The Labute approximate surface area is 129 Å². The first-order valence-corrected chi connectivity index (χ1v) is 8.24. The minimum absolute atomic E-state index is 0.0206. The standard InChI is InChI=1S/C16H23BrN2O/c1-12(2)15(17)16(20)18-14-7-5-13(6-8-14)11-19-9-3-4-10-19/h5-8,12,15H,3-4,9-11H2,1-2H3,(H,18,20). The van der Waals surface area contributed by atoms with E-state index in [9.17, 15) is 4.79 Å². The molecule has 0 saturated carbocycles. The van der Waals surface area contributed by atoms with Gasteiger partial charge in [0, 0.05) is 12.2 Å². The smallest absolute Gasteiger partial charge is 0.238 e. The van der Waals surface area contributed by atoms with Gasteiger partial charge in [0.1, 0.15) is 0 Å². The average Bonchev–Trinajstić information content (AvgIpc) is 2.92. The van der Waals surface area contributed by atoms with E-state index in [1.165, 1.54) is 31.5 Å². The lowest BCUT2D eigenvalue weighted by Gasteiger charge is -2.16. The number of carbonyl (C=O) groups is 1. The van der Waals surface area contributed by atoms with Crippen LogP contribution >= 0.6 is 15.9 Å². The zero-order valence-corrected chi connectivity index (χ0v) is 13.8. The summed E-state index contributed by atoms with van der Waals surface area (Å²) in [6.45, 7) is 7.48. The van der Waals surface area contributed by atoms with Crippen molar-refractivity contribution < 1.29 is 4.79 Å². The maximum atomic E-state index is 12.0. The topological polar surface area (TPSA) is 32.3 Å². The van der Waals surface area contributed by atoms with Gasteiger partial charge in [-0.25, -0.2) is 0 Å². The molecule has 2 rings (SSSR count). The molecule has 1 aromatic rings. The van der Waals surface area contributed by atoms with Crippen LogP contribution in [0.4, 0.5) is 5.69 Å². The predicted octanol–water partition coefficient (Wildman–Crippen LogP) is 3.64. The molecule has 0 spiro atoms. The second-order valence-electron chi connectivity index (χ2n) is 5.82. The molecule has 1 amide bonds. The fourth-order valence-corrected chi connectivity index (χ4v) is 2.52. The largest absolute Gasteiger partial charge is 0.325 e. The van der Waals surface area contributed by atoms with Gasteiger partial charge in [0.15, 0.2) is 0 Å². The fourth-order valence-electron chi connectivity index (χ4n) is 2.41. The quantitative estimate of drug-likeness (QED) is 0.831. The lowest BCUT2D eigenvalue weighted by Crippen LogP contribution is -2.27. The number of amides is 1. The van der Waals surface area contributed by atoms with Crippen LogP contribution in [0.3, 0.4) is 0 Å². The molecular formula is C16H23BrN2O. The number of hydrogen-bond acceptors (Lipinski definition) is 2. The van der Waals surface area contributed by atoms with Gasteiger partial charge in [-0.2, -0.15) is 0 Å². The highest BCUT2D eigenvalue weighted by Crippen LogP contribution is 2.18. The summed E-state index contributed by atoms with van der Waals surface area (Å²) < 4.78 is 0. The highest BCUT2D eigenvalue weighted by molar-refractivity contribution is 9.10. The van der Waals surface area contributed by atoms with Crippen molar-refractivity contribution in [3.8, 4) is 0 Å². The number of benzene rings is 1. The van der Waals surface area contributed by atoms with Crippen LogP contribution in [-0.4, -0.2) is 28.7 Å². The van der Waals surface area contributed by atoms with E-state index in [4.69, 9.17) is 0 Å². The summed E-state index contributed by atoms with van der Waals surface area (Å²) in [7, 11) is 0. The normalized spacial score (nSPS) is 17.4. The number of carbonyl (C=O) groups excluding carboxylic acids is 1. The van der Waals surface area contributed by atoms with Crippen LogP contribution in [0.5, 0.6) is 0 Å². The summed E-state index contributed by atoms with van der Waals surface area (Å²) in [6.07, 6.45) is 2.63. The number of alkyl halides is 1. The van der Waals surface area contributed by atoms with E-state index in [1.54, 1.807) is 0 Å². The van der Waals surface area contributed by atoms with Crippen molar-refractivity contribution in [1.82, 2.24) is 4.90 Å². The maximum Gasteiger partial charge on any atom is 0.238 e. The molecule has 20 heavy (non-hydrogen) atoms. The molecule has 1 aliphatic heterocycles. The molecule has 1 unspecified atom stereocenters. The number of hydrogen-bond donors (Lipinski definition) is 1. The Balaban J connectivity index is 1.89. The SMILES string of the molecule is CC(C)C(Br)C(=O)Nc1ccc(CN2CCCC2)cc1. The van der Waals surface area contributed by atoms with Gasteiger partial charge >= 0.3 is 0 Å². The maximum absolute atomic E-state index is 12.0. The van der Waals surface area contributed by atoms with Crippen molar-refractivity contribution in [1.29, 1.82) is 0 Å². The molecule has 1 fully saturated rings. The van der Waals surface area contributed by atoms with Crippen molar-refractivity contribution >= 4 is 27.5 Å². The van der Waals surface area contributed by atoms with Gasteiger partial charge in [-0.1, -0.05) is 41.9 Å². The number of nitrogens with zero attached hydrogens (tertiary/aromatic N) is 1. The van der Waals surface area contributed by atoms with E-state index in [2.05, 4.69) is 38.3 Å². The minimum Gasteiger partial charge on any atom is -0.325 e. The Morgan fingerprint density at radius 1 is 1.25 bits per heavy atom. The van der Waals surface area contributed by atoms with Crippen LogP contribution in [0.15, 0.2) is 24.3 Å². The van der Waals surface area contributed by atoms with Crippen LogP contribution in [-0.2, 0) is 11.3 Å². The van der Waals surface area contributed by atoms with Gasteiger partial charge in [-0.05, 0) is 49.5 Å². The second kappa shape index (κ2) is 7.23. The van der Waals surface area contributed by atoms with E-state index in [1.807, 2.05) is 26.0 Å². The molecule has 4 heteroatoms. The average molecular weight is 339 g/mol. The number of rotatable bonds is 5. The van der Waals surface area contributed by atoms with Gasteiger partial charge in [0.25, 0.3) is 0 Å². The van der Waals surface area contributed by atoms with E-state index in [-0.39, 0.29) is 16.7 Å². The molecule has 3 nitrogen and oxygen atoms in total. The first-order chi connectivity index (χ1) is 9.56. The van der Waals surface area contributed by atoms with Crippen LogP contribution in [0.2, 0.25) is 0 Å². The van der Waals surface area contributed by atoms with Gasteiger partial charge in [0.05, 0.1) is 4.83 Å². The van der Waals surface area contributed by atoms with Crippen molar-refractivity contribution in [2.45, 2.75) is 38.1 Å². The molecule has 1 aromatic carbocycles. The third-order valence-corrected chi connectivity index (χ3v) is 5.14. The summed E-state index contributed by atoms with van der Waals surface area (Å²) in [5.41, 5.74) is 2.18. The molecule has 1 aliphatic rings. The van der Waals surface area contributed by atoms with Crippen LogP contribution in [0.1, 0.15) is 32.3 Å². The van der Waals surface area contributed by atoms with Crippen molar-refractivity contribution in [2.24, 2.45) is 5.92 Å². The molecule has 0 aromatic heterocycles. The Bertz CT molecular complexity index is 438. The second-order valence-corrected chi connectivity index (χ2v) is 6.80. The van der Waals surface area contributed by atoms with E-state index in [0.29, 0.717) is 0 Å². The van der Waals surface area contributed by atoms with Crippen molar-refractivity contribution in [2.75, 3.05) is 18.4 Å². The molecule has 110 valence electrons. The lowest BCUT2D eigenvalue weighted by molar-refractivity contribution is -0.116. The number of likely N-dealkylation sites (tertiary alicyclic amines) is 1. The monoisotopic (exact) mass is 338 g/mol. The molecule has 1 heterocycles. The Morgan fingerprint density at radius 3 is 2.40 bits per heavy atom. The van der Waals surface area contributed by atoms with Crippen molar-refractivity contribution in [3.05, 3.63) is 29.8 Å². The van der Waals surface area contributed by atoms with E-state index < -0.39 is 0 Å². The zero-order valence-electron chi connectivity index (χ0n) is 12.2. The Morgan fingerprint density at radius 2 is 1.85 bits per heavy atom. The molecule has 0 aliphatic carbocycles. The summed E-state index contributed by atoms with van der Waals surface area (Å²) in [5.74, 6) is 0.303. The summed E-state index contributed by atoms with van der Waals surface area (Å²) in [6, 6.07) is 8.19. The molecule has 0 bridgehead atoms. The third-order valence-electron chi connectivity index (χ3n) is 3.66. The fraction of sp³-hybridized carbons (Fsp3) is 0.562. The number of nitrogens with one attached hydrogen (secondary N) is 1. The molecule has 1 N–H and O–H groups in total. The molecular weight excluding hydrogens is 316 g/mol. The van der Waals surface area contributed by atoms with Crippen molar-refractivity contribution in [3.63, 3.8) is 0 Å². The zero-order chi connectivity index (χ0) is 14.5. The Kier molecular flexibility index (Phi) is 5.61. The van der Waals surface area contributed by atoms with Crippen LogP contribution < -0.4 is 5.32 Å². The number of halogens is 1. The van der Waals surface area contributed by atoms with E-state index in [0.717, 1.165) is 12.2 Å². The predicted molar refractivity (Wildman–Crippen MR) is 87.1 cm³/mol. The number of anilines is 1. The summed E-state index contributed by atoms with van der Waals surface area (Å²) in [5, 5.41) is 2.94. The third kappa shape index (κ3) is 4.32. The molecule has 0 radical (unpaired) electrons. The lowest BCUT2D eigenvalue weighted by atomic mass is 10.1. The highest BCUT2D eigenvalue weighted by atomic mass is 79.9. The van der Waals surface area contributed by atoms with Crippen LogP contribution in [0, 0.1) is 5.92 Å². The highest BCUT2D eigenvalue weighted by Gasteiger charge is 2.18. The van der Waals surface area contributed by atoms with Gasteiger partial charge < -0.3 is 5.32 Å². The first kappa shape index (κ1) is 15.5.